The monoisotopic (exact) mass is 688 g/mol. The van der Waals surface area contributed by atoms with Crippen LogP contribution < -0.4 is 25.0 Å². The molecule has 5 aromatic rings. The second-order valence-corrected chi connectivity index (χ2v) is 10.9. The summed E-state index contributed by atoms with van der Waals surface area (Å²) < 4.78 is 38.3. The lowest BCUT2D eigenvalue weighted by atomic mass is 10.2. The summed E-state index contributed by atoms with van der Waals surface area (Å²) in [7, 11) is 1.45. The molecule has 2 heterocycles. The van der Waals surface area contributed by atoms with Gasteiger partial charge in [-0.15, -0.1) is 0 Å². The van der Waals surface area contributed by atoms with E-state index in [-0.39, 0.29) is 19.0 Å². The Bertz CT molecular complexity index is 1850. The lowest BCUT2D eigenvalue weighted by molar-refractivity contribution is -0.118. The molecule has 2 amide bonds. The molecule has 2 N–H and O–H groups in total. The van der Waals surface area contributed by atoms with Gasteiger partial charge in [0.15, 0.2) is 23.9 Å². The van der Waals surface area contributed by atoms with Crippen molar-refractivity contribution in [2.45, 2.75) is 20.5 Å². The van der Waals surface area contributed by atoms with Gasteiger partial charge in [-0.05, 0) is 115 Å². The van der Waals surface area contributed by atoms with Gasteiger partial charge in [0.1, 0.15) is 23.9 Å². The number of anilines is 1. The summed E-state index contributed by atoms with van der Waals surface area (Å²) in [5.41, 5.74) is 6.79. The number of hydrazone groups is 1. The van der Waals surface area contributed by atoms with Crippen LogP contribution in [0.3, 0.4) is 0 Å². The van der Waals surface area contributed by atoms with Crippen molar-refractivity contribution in [1.82, 2.24) is 9.99 Å². The Morgan fingerprint density at radius 2 is 1.65 bits per heavy atom. The molecule has 0 aliphatic rings. The van der Waals surface area contributed by atoms with E-state index in [4.69, 9.17) is 18.6 Å². The van der Waals surface area contributed by atoms with Crippen LogP contribution >= 0.6 is 15.9 Å². The fourth-order valence-corrected chi connectivity index (χ4v) is 4.94. The number of carbonyl (C=O) groups is 2. The number of halogens is 2. The number of nitrogens with one attached hydrogen (secondary N) is 2. The highest BCUT2D eigenvalue weighted by Crippen LogP contribution is 2.33. The van der Waals surface area contributed by atoms with Crippen molar-refractivity contribution in [1.29, 1.82) is 0 Å². The SMILES string of the molecule is COc1cc(/C=N/NC(=O)c2ccc(COc3ccc(-n4c(C)ccc4C)cc3)o2)c(Br)cc1OCC(=O)Nc1ccc(F)cc1. The van der Waals surface area contributed by atoms with Crippen LogP contribution in [0, 0.1) is 19.7 Å². The van der Waals surface area contributed by atoms with Gasteiger partial charge in [0.05, 0.1) is 13.3 Å². The van der Waals surface area contributed by atoms with Crippen molar-refractivity contribution in [2.75, 3.05) is 19.0 Å². The van der Waals surface area contributed by atoms with Crippen LogP contribution in [-0.4, -0.2) is 36.3 Å². The maximum absolute atomic E-state index is 13.1. The third kappa shape index (κ3) is 8.02. The van der Waals surface area contributed by atoms with E-state index in [1.54, 1.807) is 24.3 Å². The molecular formula is C34H30BrFN4O6. The first-order valence-electron chi connectivity index (χ1n) is 14.1. The molecule has 2 aromatic heterocycles. The van der Waals surface area contributed by atoms with Crippen molar-refractivity contribution in [2.24, 2.45) is 5.10 Å². The molecule has 10 nitrogen and oxygen atoms in total. The maximum Gasteiger partial charge on any atom is 0.307 e. The average Bonchev–Trinajstić information content (AvgIpc) is 3.67. The molecule has 0 saturated carbocycles. The molecule has 0 saturated heterocycles. The van der Waals surface area contributed by atoms with E-state index < -0.39 is 17.6 Å². The van der Waals surface area contributed by atoms with Crippen LogP contribution in [-0.2, 0) is 11.4 Å². The van der Waals surface area contributed by atoms with E-state index in [9.17, 15) is 14.0 Å². The zero-order chi connectivity index (χ0) is 32.6. The number of aryl methyl sites for hydroxylation is 2. The predicted molar refractivity (Wildman–Crippen MR) is 175 cm³/mol. The van der Waals surface area contributed by atoms with Crippen molar-refractivity contribution in [3.05, 3.63) is 124 Å². The number of methoxy groups -OCH3 is 1. The third-order valence-electron chi connectivity index (χ3n) is 6.77. The number of amides is 2. The lowest BCUT2D eigenvalue weighted by Gasteiger charge is -2.13. The first kappa shape index (κ1) is 32.0. The quantitative estimate of drug-likeness (QED) is 0.108. The molecule has 0 radical (unpaired) electrons. The van der Waals surface area contributed by atoms with Gasteiger partial charge in [0.2, 0.25) is 0 Å². The Morgan fingerprint density at radius 1 is 0.935 bits per heavy atom. The van der Waals surface area contributed by atoms with Gasteiger partial charge in [0.25, 0.3) is 5.91 Å². The van der Waals surface area contributed by atoms with Gasteiger partial charge in [-0.25, -0.2) is 9.82 Å². The molecule has 5 rings (SSSR count). The van der Waals surface area contributed by atoms with Crippen LogP contribution in [0.5, 0.6) is 17.2 Å². The van der Waals surface area contributed by atoms with Crippen LogP contribution in [0.25, 0.3) is 5.69 Å². The number of ether oxygens (including phenoxy) is 3. The normalized spacial score (nSPS) is 11.0. The molecule has 12 heteroatoms. The Hall–Kier alpha value is -5.36. The number of furan rings is 1. The molecule has 3 aromatic carbocycles. The van der Waals surface area contributed by atoms with E-state index in [0.29, 0.717) is 38.7 Å². The second kappa shape index (κ2) is 14.6. The average molecular weight is 690 g/mol. The molecule has 0 spiro atoms. The van der Waals surface area contributed by atoms with Gasteiger partial charge in [-0.3, -0.25) is 9.59 Å². The third-order valence-corrected chi connectivity index (χ3v) is 7.46. The number of nitrogens with zero attached hydrogens (tertiary/aromatic N) is 2. The highest BCUT2D eigenvalue weighted by atomic mass is 79.9. The van der Waals surface area contributed by atoms with Crippen molar-refractivity contribution in [3.63, 3.8) is 0 Å². The fourth-order valence-electron chi connectivity index (χ4n) is 4.51. The molecule has 236 valence electrons. The zero-order valence-electron chi connectivity index (χ0n) is 25.2. The van der Waals surface area contributed by atoms with E-state index in [2.05, 4.69) is 62.3 Å². The molecule has 0 atom stereocenters. The fraction of sp³-hybridized carbons (Fsp3) is 0.147. The minimum Gasteiger partial charge on any atom is -0.493 e. The molecule has 0 bridgehead atoms. The summed E-state index contributed by atoms with van der Waals surface area (Å²) in [6.07, 6.45) is 1.42. The summed E-state index contributed by atoms with van der Waals surface area (Å²) in [4.78, 5) is 24.9. The molecular weight excluding hydrogens is 659 g/mol. The van der Waals surface area contributed by atoms with Crippen LogP contribution in [0.4, 0.5) is 10.1 Å². The summed E-state index contributed by atoms with van der Waals surface area (Å²) in [6, 6.07) is 23.7. The van der Waals surface area contributed by atoms with E-state index in [0.717, 1.165) is 17.1 Å². The van der Waals surface area contributed by atoms with E-state index in [1.807, 2.05) is 24.3 Å². The van der Waals surface area contributed by atoms with Gasteiger partial charge in [-0.1, -0.05) is 0 Å². The number of carbonyl (C=O) groups excluding carboxylic acids is 2. The zero-order valence-corrected chi connectivity index (χ0v) is 26.8. The molecule has 0 aliphatic heterocycles. The minimum atomic E-state index is -0.542. The molecule has 46 heavy (non-hydrogen) atoms. The molecule has 0 fully saturated rings. The number of hydrogen-bond donors (Lipinski definition) is 2. The van der Waals surface area contributed by atoms with E-state index >= 15 is 0 Å². The highest BCUT2D eigenvalue weighted by molar-refractivity contribution is 9.10. The Labute approximate surface area is 272 Å². The Kier molecular flexibility index (Phi) is 10.2. The van der Waals surface area contributed by atoms with Crippen LogP contribution in [0.1, 0.15) is 33.3 Å². The highest BCUT2D eigenvalue weighted by Gasteiger charge is 2.14. The lowest BCUT2D eigenvalue weighted by Crippen LogP contribution is -2.20. The summed E-state index contributed by atoms with van der Waals surface area (Å²) in [5.74, 6) is 0.485. The summed E-state index contributed by atoms with van der Waals surface area (Å²) in [6.45, 7) is 3.96. The Balaban J connectivity index is 1.12. The Morgan fingerprint density at radius 3 is 2.35 bits per heavy atom. The van der Waals surface area contributed by atoms with Gasteiger partial charge < -0.3 is 28.5 Å². The first-order valence-corrected chi connectivity index (χ1v) is 14.9. The minimum absolute atomic E-state index is 0.0731. The molecule has 0 aliphatic carbocycles. The first-order chi connectivity index (χ1) is 22.2. The smallest absolute Gasteiger partial charge is 0.307 e. The van der Waals surface area contributed by atoms with Gasteiger partial charge >= 0.3 is 5.91 Å². The van der Waals surface area contributed by atoms with Crippen molar-refractivity contribution in [3.8, 4) is 22.9 Å². The number of rotatable bonds is 12. The van der Waals surface area contributed by atoms with E-state index in [1.165, 1.54) is 37.6 Å². The summed E-state index contributed by atoms with van der Waals surface area (Å²) in [5, 5.41) is 6.64. The maximum atomic E-state index is 13.1. The largest absolute Gasteiger partial charge is 0.493 e. The standard InChI is InChI=1S/C34H30BrFN4O6/c1-21-4-5-22(2)40(21)26-10-12-27(13-11-26)44-19-28-14-15-30(46-28)34(42)39-37-18-23-16-31(43-3)32(17-29(23)35)45-20-33(41)38-25-8-6-24(36)7-9-25/h4-18H,19-20H2,1-3H3,(H,38,41)(H,39,42)/b37-18+. The van der Waals surface area contributed by atoms with Gasteiger partial charge in [0, 0.05) is 32.8 Å². The predicted octanol–water partition coefficient (Wildman–Crippen LogP) is 6.96. The number of aromatic nitrogens is 1. The van der Waals surface area contributed by atoms with Crippen LogP contribution in [0.2, 0.25) is 0 Å². The topological polar surface area (TPSA) is 116 Å². The second-order valence-electron chi connectivity index (χ2n) is 10.1. The van der Waals surface area contributed by atoms with Crippen molar-refractivity contribution < 1.29 is 32.6 Å². The van der Waals surface area contributed by atoms with Crippen molar-refractivity contribution >= 4 is 39.6 Å². The number of hydrogen-bond acceptors (Lipinski definition) is 7. The molecule has 0 unspecified atom stereocenters. The van der Waals surface area contributed by atoms with Crippen LogP contribution in [0.15, 0.2) is 98.9 Å². The summed E-state index contributed by atoms with van der Waals surface area (Å²) >= 11 is 3.44. The number of benzene rings is 3. The van der Waals surface area contributed by atoms with Gasteiger partial charge in [-0.2, -0.15) is 5.10 Å².